The summed E-state index contributed by atoms with van der Waals surface area (Å²) in [6.45, 7) is 5.91. The van der Waals surface area contributed by atoms with Crippen LogP contribution >= 0.6 is 0 Å². The molecule has 0 atom stereocenters. The predicted octanol–water partition coefficient (Wildman–Crippen LogP) is 2.00. The fraction of sp³-hybridized carbons (Fsp3) is 0.571. The minimum absolute atomic E-state index is 0.0143. The highest BCUT2D eigenvalue weighted by molar-refractivity contribution is 6.00. The van der Waals surface area contributed by atoms with Crippen LogP contribution in [0.25, 0.3) is 0 Å². The number of hydrogen-bond acceptors (Lipinski definition) is 8. The summed E-state index contributed by atoms with van der Waals surface area (Å²) in [5, 5.41) is 15.6. The van der Waals surface area contributed by atoms with Gasteiger partial charge >= 0.3 is 11.7 Å². The van der Waals surface area contributed by atoms with E-state index in [2.05, 4.69) is 10.3 Å². The minimum Gasteiger partial charge on any atom is -0.462 e. The monoisotopic (exact) mass is 325 g/mol. The zero-order chi connectivity index (χ0) is 17.6. The second-order valence-corrected chi connectivity index (χ2v) is 4.99. The molecule has 128 valence electrons. The molecule has 0 saturated heterocycles. The Labute approximate surface area is 134 Å². The number of rotatable bonds is 8. The van der Waals surface area contributed by atoms with E-state index in [0.29, 0.717) is 12.2 Å². The summed E-state index contributed by atoms with van der Waals surface area (Å²) in [6, 6.07) is 0. The van der Waals surface area contributed by atoms with Gasteiger partial charge in [-0.15, -0.1) is 0 Å². The molecule has 23 heavy (non-hydrogen) atoms. The van der Waals surface area contributed by atoms with Gasteiger partial charge in [-0.25, -0.2) is 15.6 Å². The van der Waals surface area contributed by atoms with Crippen LogP contribution < -0.4 is 16.2 Å². The lowest BCUT2D eigenvalue weighted by Crippen LogP contribution is -2.28. The molecule has 0 spiro atoms. The van der Waals surface area contributed by atoms with E-state index >= 15 is 0 Å². The number of esters is 1. The lowest BCUT2D eigenvalue weighted by Gasteiger charge is -2.18. The van der Waals surface area contributed by atoms with Crippen molar-refractivity contribution in [1.82, 2.24) is 4.98 Å². The van der Waals surface area contributed by atoms with Gasteiger partial charge in [0.2, 0.25) is 5.82 Å². The molecule has 9 heteroatoms. The first-order valence-corrected chi connectivity index (χ1v) is 7.43. The fourth-order valence-electron chi connectivity index (χ4n) is 2.11. The number of nitrogens with zero attached hydrogens (tertiary/aromatic N) is 3. The van der Waals surface area contributed by atoms with Crippen molar-refractivity contribution < 1.29 is 14.5 Å². The first-order valence-electron chi connectivity index (χ1n) is 7.43. The lowest BCUT2D eigenvalue weighted by molar-refractivity contribution is -0.383. The molecule has 0 radical (unpaired) electrons. The number of anilines is 2. The van der Waals surface area contributed by atoms with Gasteiger partial charge in [0.05, 0.1) is 17.2 Å². The summed E-state index contributed by atoms with van der Waals surface area (Å²) in [7, 11) is 1.45. The van der Waals surface area contributed by atoms with Crippen molar-refractivity contribution in [1.29, 1.82) is 0 Å². The number of hydrogen-bond donors (Lipinski definition) is 2. The lowest BCUT2D eigenvalue weighted by atomic mass is 10.1. The number of hydrazine groups is 1. The normalized spacial score (nSPS) is 10.3. The van der Waals surface area contributed by atoms with Crippen molar-refractivity contribution in [2.24, 2.45) is 5.84 Å². The van der Waals surface area contributed by atoms with Crippen LogP contribution in [0.15, 0.2) is 0 Å². The smallest absolute Gasteiger partial charge is 0.342 e. The van der Waals surface area contributed by atoms with Gasteiger partial charge in [0.1, 0.15) is 11.3 Å². The number of aryl methyl sites for hydroxylation is 1. The van der Waals surface area contributed by atoms with E-state index in [1.807, 2.05) is 6.92 Å². The van der Waals surface area contributed by atoms with Crippen LogP contribution in [0.5, 0.6) is 0 Å². The number of nitrogens with one attached hydrogen (secondary N) is 1. The van der Waals surface area contributed by atoms with Crippen LogP contribution in [0.3, 0.4) is 0 Å². The van der Waals surface area contributed by atoms with Gasteiger partial charge in [-0.05, 0) is 20.3 Å². The number of nitro groups is 1. The molecule has 0 saturated carbocycles. The summed E-state index contributed by atoms with van der Waals surface area (Å²) in [5.74, 6) is 4.99. The molecular weight excluding hydrogens is 302 g/mol. The number of unbranched alkanes of at least 4 members (excludes halogenated alkanes) is 1. The van der Waals surface area contributed by atoms with E-state index in [9.17, 15) is 14.9 Å². The predicted molar refractivity (Wildman–Crippen MR) is 87.6 cm³/mol. The number of carbonyl (C=O) groups excluding carboxylic acids is 1. The summed E-state index contributed by atoms with van der Waals surface area (Å²) in [5.41, 5.74) is 0.155. The zero-order valence-corrected chi connectivity index (χ0v) is 13.9. The second kappa shape index (κ2) is 8.28. The SMILES string of the molecule is CCCCNc1c(C(=O)OCC)c(C)nc(N(C)N)c1[N+](=O)[O-]. The molecule has 0 aliphatic rings. The van der Waals surface area contributed by atoms with Crippen LogP contribution in [-0.2, 0) is 4.74 Å². The number of aromatic nitrogens is 1. The molecule has 0 aliphatic heterocycles. The molecule has 1 heterocycles. The third kappa shape index (κ3) is 4.28. The number of pyridine rings is 1. The van der Waals surface area contributed by atoms with E-state index in [-0.39, 0.29) is 29.4 Å². The van der Waals surface area contributed by atoms with Crippen molar-refractivity contribution in [3.05, 3.63) is 21.4 Å². The van der Waals surface area contributed by atoms with Gasteiger partial charge in [-0.3, -0.25) is 15.1 Å². The summed E-state index contributed by atoms with van der Waals surface area (Å²) < 4.78 is 5.00. The van der Waals surface area contributed by atoms with Crippen molar-refractivity contribution in [2.45, 2.75) is 33.6 Å². The Morgan fingerprint density at radius 1 is 1.48 bits per heavy atom. The Hall–Kier alpha value is -2.42. The van der Waals surface area contributed by atoms with Crippen molar-refractivity contribution in [3.8, 4) is 0 Å². The van der Waals surface area contributed by atoms with E-state index in [0.717, 1.165) is 17.9 Å². The number of carbonyl (C=O) groups is 1. The van der Waals surface area contributed by atoms with Crippen molar-refractivity contribution in [3.63, 3.8) is 0 Å². The van der Waals surface area contributed by atoms with Crippen LogP contribution in [0, 0.1) is 17.0 Å². The third-order valence-corrected chi connectivity index (χ3v) is 3.16. The molecule has 1 aromatic heterocycles. The van der Waals surface area contributed by atoms with Gasteiger partial charge in [-0.2, -0.15) is 0 Å². The zero-order valence-electron chi connectivity index (χ0n) is 13.9. The fourth-order valence-corrected chi connectivity index (χ4v) is 2.11. The molecule has 0 aromatic carbocycles. The van der Waals surface area contributed by atoms with Crippen LogP contribution in [0.4, 0.5) is 17.2 Å². The first kappa shape index (κ1) is 18.6. The van der Waals surface area contributed by atoms with E-state index in [1.165, 1.54) is 7.05 Å². The molecule has 0 aliphatic carbocycles. The second-order valence-electron chi connectivity index (χ2n) is 4.99. The average Bonchev–Trinajstić information content (AvgIpc) is 2.46. The van der Waals surface area contributed by atoms with E-state index in [1.54, 1.807) is 13.8 Å². The maximum atomic E-state index is 12.2. The quantitative estimate of drug-likeness (QED) is 0.244. The topological polar surface area (TPSA) is 124 Å². The van der Waals surface area contributed by atoms with E-state index < -0.39 is 10.9 Å². The van der Waals surface area contributed by atoms with Gasteiger partial charge in [0.25, 0.3) is 0 Å². The highest BCUT2D eigenvalue weighted by atomic mass is 16.6. The average molecular weight is 325 g/mol. The largest absolute Gasteiger partial charge is 0.462 e. The van der Waals surface area contributed by atoms with Gasteiger partial charge in [0, 0.05) is 13.6 Å². The minimum atomic E-state index is -0.647. The van der Waals surface area contributed by atoms with Gasteiger partial charge < -0.3 is 10.1 Å². The molecular formula is C14H23N5O4. The standard InChI is InChI=1S/C14H23N5O4/c1-5-7-8-16-11-10(14(20)23-6-2)9(3)17-13(18(4)15)12(11)19(21)22/h5-8,15H2,1-4H3,(H,16,17). The molecule has 1 aromatic rings. The Balaban J connectivity index is 3.57. The number of ether oxygens (including phenoxy) is 1. The Kier molecular flexibility index (Phi) is 6.70. The van der Waals surface area contributed by atoms with Crippen LogP contribution in [0.1, 0.15) is 42.7 Å². The summed E-state index contributed by atoms with van der Waals surface area (Å²) in [6.07, 6.45) is 1.71. The summed E-state index contributed by atoms with van der Waals surface area (Å²) in [4.78, 5) is 27.2. The Morgan fingerprint density at radius 3 is 2.61 bits per heavy atom. The number of nitrogens with two attached hydrogens (primary N) is 1. The first-order chi connectivity index (χ1) is 10.8. The highest BCUT2D eigenvalue weighted by Gasteiger charge is 2.31. The molecule has 9 nitrogen and oxygen atoms in total. The molecule has 0 bridgehead atoms. The molecule has 0 amide bonds. The maximum Gasteiger partial charge on any atom is 0.342 e. The Morgan fingerprint density at radius 2 is 2.13 bits per heavy atom. The molecule has 1 rings (SSSR count). The van der Waals surface area contributed by atoms with Crippen molar-refractivity contribution in [2.75, 3.05) is 30.5 Å². The van der Waals surface area contributed by atoms with Crippen LogP contribution in [-0.4, -0.2) is 36.1 Å². The van der Waals surface area contributed by atoms with Gasteiger partial charge in [0.15, 0.2) is 0 Å². The molecule has 3 N–H and O–H groups in total. The summed E-state index contributed by atoms with van der Waals surface area (Å²) >= 11 is 0. The Bertz CT molecular complexity index is 589. The van der Waals surface area contributed by atoms with Gasteiger partial charge in [-0.1, -0.05) is 13.3 Å². The maximum absolute atomic E-state index is 12.2. The third-order valence-electron chi connectivity index (χ3n) is 3.16. The van der Waals surface area contributed by atoms with Crippen molar-refractivity contribution >= 4 is 23.2 Å². The van der Waals surface area contributed by atoms with E-state index in [4.69, 9.17) is 10.6 Å². The molecule has 0 fully saturated rings. The molecule has 0 unspecified atom stereocenters. The van der Waals surface area contributed by atoms with Crippen LogP contribution in [0.2, 0.25) is 0 Å². The highest BCUT2D eigenvalue weighted by Crippen LogP contribution is 2.37.